The number of hydrogen-bond acceptors (Lipinski definition) is 2. The molecule has 0 heterocycles. The maximum absolute atomic E-state index is 13.5. The lowest BCUT2D eigenvalue weighted by molar-refractivity contribution is 0.598. The van der Waals surface area contributed by atoms with Crippen molar-refractivity contribution in [1.29, 1.82) is 0 Å². The van der Waals surface area contributed by atoms with Crippen molar-refractivity contribution in [2.24, 2.45) is 0 Å². The van der Waals surface area contributed by atoms with Gasteiger partial charge < -0.3 is 0 Å². The molecule has 112 valence electrons. The van der Waals surface area contributed by atoms with Crippen LogP contribution < -0.4 is 4.72 Å². The van der Waals surface area contributed by atoms with Crippen LogP contribution in [0.1, 0.15) is 31.7 Å². The number of benzene rings is 2. The number of rotatable bonds is 5. The summed E-state index contributed by atoms with van der Waals surface area (Å²) < 4.78 is 40.2. The Balaban J connectivity index is 2.26. The van der Waals surface area contributed by atoms with Crippen molar-refractivity contribution >= 4 is 15.7 Å². The van der Waals surface area contributed by atoms with Crippen LogP contribution in [0.5, 0.6) is 0 Å². The molecule has 21 heavy (non-hydrogen) atoms. The van der Waals surface area contributed by atoms with Crippen LogP contribution in [-0.2, 0) is 10.0 Å². The molecule has 3 nitrogen and oxygen atoms in total. The second kappa shape index (κ2) is 6.26. The van der Waals surface area contributed by atoms with E-state index in [1.165, 1.54) is 18.2 Å². The molecule has 0 unspecified atom stereocenters. The molecule has 0 aromatic heterocycles. The van der Waals surface area contributed by atoms with Gasteiger partial charge in [-0.1, -0.05) is 38.1 Å². The van der Waals surface area contributed by atoms with Gasteiger partial charge in [0.05, 0.1) is 10.6 Å². The Kier molecular flexibility index (Phi) is 4.63. The first-order chi connectivity index (χ1) is 9.94. The molecule has 0 bridgehead atoms. The monoisotopic (exact) mass is 307 g/mol. The highest BCUT2D eigenvalue weighted by Gasteiger charge is 2.16. The van der Waals surface area contributed by atoms with Gasteiger partial charge in [0.15, 0.2) is 0 Å². The molecule has 0 amide bonds. The zero-order valence-electron chi connectivity index (χ0n) is 12.0. The molecule has 0 aliphatic carbocycles. The minimum absolute atomic E-state index is 0.0523. The lowest BCUT2D eigenvalue weighted by Gasteiger charge is -2.11. The van der Waals surface area contributed by atoms with Gasteiger partial charge in [0.1, 0.15) is 5.82 Å². The van der Waals surface area contributed by atoms with Gasteiger partial charge in [-0.05, 0) is 42.2 Å². The number of anilines is 1. The van der Waals surface area contributed by atoms with Crippen LogP contribution in [0.3, 0.4) is 0 Å². The summed E-state index contributed by atoms with van der Waals surface area (Å²) in [4.78, 5) is 0.123. The molecule has 0 spiro atoms. The van der Waals surface area contributed by atoms with E-state index in [1.54, 1.807) is 30.3 Å². The van der Waals surface area contributed by atoms with Gasteiger partial charge >= 0.3 is 0 Å². The van der Waals surface area contributed by atoms with Crippen molar-refractivity contribution in [2.45, 2.75) is 31.1 Å². The van der Waals surface area contributed by atoms with E-state index >= 15 is 0 Å². The van der Waals surface area contributed by atoms with Gasteiger partial charge in [-0.3, -0.25) is 4.72 Å². The summed E-state index contributed by atoms with van der Waals surface area (Å²) in [6, 6.07) is 12.4. The third kappa shape index (κ3) is 3.61. The molecule has 0 aliphatic heterocycles. The third-order valence-corrected chi connectivity index (χ3v) is 4.87. The van der Waals surface area contributed by atoms with Crippen molar-refractivity contribution in [1.82, 2.24) is 0 Å². The van der Waals surface area contributed by atoms with Crippen LogP contribution in [0, 0.1) is 5.82 Å². The van der Waals surface area contributed by atoms with Crippen LogP contribution in [0.4, 0.5) is 10.1 Å². The summed E-state index contributed by atoms with van der Waals surface area (Å²) >= 11 is 0. The lowest BCUT2D eigenvalue weighted by atomic mass is 9.99. The van der Waals surface area contributed by atoms with Crippen molar-refractivity contribution < 1.29 is 12.8 Å². The maximum Gasteiger partial charge on any atom is 0.261 e. The molecule has 0 fully saturated rings. The first-order valence-corrected chi connectivity index (χ1v) is 8.29. The fourth-order valence-corrected chi connectivity index (χ4v) is 3.03. The van der Waals surface area contributed by atoms with E-state index in [0.717, 1.165) is 12.0 Å². The van der Waals surface area contributed by atoms with Gasteiger partial charge in [-0.25, -0.2) is 12.8 Å². The van der Waals surface area contributed by atoms with Crippen molar-refractivity contribution in [3.8, 4) is 0 Å². The van der Waals surface area contributed by atoms with E-state index < -0.39 is 15.8 Å². The van der Waals surface area contributed by atoms with E-state index in [4.69, 9.17) is 0 Å². The molecular formula is C16H18FNO2S. The molecule has 0 radical (unpaired) electrons. The first kappa shape index (κ1) is 15.5. The minimum atomic E-state index is -3.78. The van der Waals surface area contributed by atoms with Crippen LogP contribution in [0.15, 0.2) is 53.4 Å². The molecule has 5 heteroatoms. The number of para-hydroxylation sites is 1. The number of hydrogen-bond donors (Lipinski definition) is 1. The molecule has 0 saturated carbocycles. The van der Waals surface area contributed by atoms with Crippen LogP contribution >= 0.6 is 0 Å². The Morgan fingerprint density at radius 1 is 1.10 bits per heavy atom. The normalized spacial score (nSPS) is 12.9. The molecular weight excluding hydrogens is 289 g/mol. The Bertz CT molecular complexity index is 711. The summed E-state index contributed by atoms with van der Waals surface area (Å²) in [6.45, 7) is 4.16. The van der Waals surface area contributed by atoms with E-state index in [-0.39, 0.29) is 10.6 Å². The highest BCUT2D eigenvalue weighted by Crippen LogP contribution is 2.22. The van der Waals surface area contributed by atoms with Crippen LogP contribution in [0.25, 0.3) is 0 Å². The summed E-state index contributed by atoms with van der Waals surface area (Å²) in [5.41, 5.74) is 1.03. The molecule has 2 aromatic carbocycles. The standard InChI is InChI=1S/C16H18FNO2S/c1-3-12(2)13-8-10-14(11-9-13)21(19,20)18-16-7-5-4-6-15(16)17/h4-12,18H,3H2,1-2H3/t12-/m1/s1. The molecule has 2 aromatic rings. The number of sulfonamides is 1. The highest BCUT2D eigenvalue weighted by molar-refractivity contribution is 7.92. The second-order valence-electron chi connectivity index (χ2n) is 4.96. The summed E-state index contributed by atoms with van der Waals surface area (Å²) in [5.74, 6) is -0.224. The Labute approximate surface area is 124 Å². The van der Waals surface area contributed by atoms with E-state index in [2.05, 4.69) is 18.6 Å². The van der Waals surface area contributed by atoms with Crippen molar-refractivity contribution in [2.75, 3.05) is 4.72 Å². The topological polar surface area (TPSA) is 46.2 Å². The molecule has 2 rings (SSSR count). The average molecular weight is 307 g/mol. The van der Waals surface area contributed by atoms with Crippen LogP contribution in [-0.4, -0.2) is 8.42 Å². The molecule has 1 atom stereocenters. The minimum Gasteiger partial charge on any atom is -0.277 e. The van der Waals surface area contributed by atoms with E-state index in [0.29, 0.717) is 5.92 Å². The zero-order valence-corrected chi connectivity index (χ0v) is 12.8. The van der Waals surface area contributed by atoms with Gasteiger partial charge in [-0.15, -0.1) is 0 Å². The summed E-state index contributed by atoms with van der Waals surface area (Å²) in [7, 11) is -3.78. The highest BCUT2D eigenvalue weighted by atomic mass is 32.2. The van der Waals surface area contributed by atoms with Gasteiger partial charge in [0.2, 0.25) is 0 Å². The molecule has 0 saturated heterocycles. The molecule has 0 aliphatic rings. The Morgan fingerprint density at radius 2 is 1.71 bits per heavy atom. The largest absolute Gasteiger partial charge is 0.277 e. The lowest BCUT2D eigenvalue weighted by Crippen LogP contribution is -2.14. The molecule has 1 N–H and O–H groups in total. The summed E-state index contributed by atoms with van der Waals surface area (Å²) in [5, 5.41) is 0. The van der Waals surface area contributed by atoms with Gasteiger partial charge in [-0.2, -0.15) is 0 Å². The van der Waals surface area contributed by atoms with Crippen molar-refractivity contribution in [3.05, 3.63) is 59.9 Å². The fourth-order valence-electron chi connectivity index (χ4n) is 1.96. The predicted molar refractivity (Wildman–Crippen MR) is 82.4 cm³/mol. The smallest absolute Gasteiger partial charge is 0.261 e. The maximum atomic E-state index is 13.5. The Morgan fingerprint density at radius 3 is 2.29 bits per heavy atom. The number of halogens is 1. The number of nitrogens with one attached hydrogen (secondary N) is 1. The van der Waals surface area contributed by atoms with Crippen molar-refractivity contribution in [3.63, 3.8) is 0 Å². The van der Waals surface area contributed by atoms with Crippen LogP contribution in [0.2, 0.25) is 0 Å². The second-order valence-corrected chi connectivity index (χ2v) is 6.65. The Hall–Kier alpha value is -1.88. The van der Waals surface area contributed by atoms with E-state index in [9.17, 15) is 12.8 Å². The third-order valence-electron chi connectivity index (χ3n) is 3.49. The SMILES string of the molecule is CC[C@@H](C)c1ccc(S(=O)(=O)Nc2ccccc2F)cc1. The zero-order chi connectivity index (χ0) is 15.5. The quantitative estimate of drug-likeness (QED) is 0.902. The van der Waals surface area contributed by atoms with E-state index in [1.807, 2.05) is 0 Å². The summed E-state index contributed by atoms with van der Waals surface area (Å²) in [6.07, 6.45) is 0.986. The fraction of sp³-hybridized carbons (Fsp3) is 0.250. The average Bonchev–Trinajstić information content (AvgIpc) is 2.49. The first-order valence-electron chi connectivity index (χ1n) is 6.81. The predicted octanol–water partition coefficient (Wildman–Crippen LogP) is 4.14. The van der Waals surface area contributed by atoms with Gasteiger partial charge in [0, 0.05) is 0 Å². The van der Waals surface area contributed by atoms with Gasteiger partial charge in [0.25, 0.3) is 10.0 Å².